The standard InChI is InChI=1S/C23H30Cl2N2O2S/c1-29-19-4-5-20(23(14-19)30(2)28)16-7-10-27(11-8-16)12-9-18(15-26)17-3-6-21(24)22(25)13-17/h3-6,13-14,16,18H,7-12,15,26H2,1-2H3/t18-,30?/m1/s1. The minimum Gasteiger partial charge on any atom is -0.612 e. The number of methoxy groups -OCH3 is 1. The van der Waals surface area contributed by atoms with Crippen molar-refractivity contribution in [2.45, 2.75) is 36.0 Å². The molecule has 0 radical (unpaired) electrons. The maximum absolute atomic E-state index is 12.2. The second-order valence-corrected chi connectivity index (χ2v) is 10.0. The predicted octanol–water partition coefficient (Wildman–Crippen LogP) is 5.05. The molecule has 0 saturated carbocycles. The van der Waals surface area contributed by atoms with Gasteiger partial charge in [0.2, 0.25) is 0 Å². The number of hydrogen-bond donors (Lipinski definition) is 1. The van der Waals surface area contributed by atoms with Gasteiger partial charge in [0.15, 0.2) is 4.90 Å². The number of piperidine rings is 1. The zero-order valence-electron chi connectivity index (χ0n) is 17.6. The summed E-state index contributed by atoms with van der Waals surface area (Å²) < 4.78 is 17.6. The third kappa shape index (κ3) is 5.84. The van der Waals surface area contributed by atoms with Gasteiger partial charge in [-0.15, -0.1) is 0 Å². The first kappa shape index (κ1) is 23.7. The molecule has 1 heterocycles. The molecule has 30 heavy (non-hydrogen) atoms. The molecule has 1 aliphatic rings. The van der Waals surface area contributed by atoms with Crippen LogP contribution in [0.3, 0.4) is 0 Å². The van der Waals surface area contributed by atoms with E-state index in [2.05, 4.69) is 11.0 Å². The van der Waals surface area contributed by atoms with E-state index in [1.807, 2.05) is 30.3 Å². The predicted molar refractivity (Wildman–Crippen MR) is 127 cm³/mol. The highest BCUT2D eigenvalue weighted by molar-refractivity contribution is 7.90. The van der Waals surface area contributed by atoms with Crippen LogP contribution in [0.25, 0.3) is 0 Å². The molecular weight excluding hydrogens is 439 g/mol. The number of benzene rings is 2. The topological polar surface area (TPSA) is 61.5 Å². The smallest absolute Gasteiger partial charge is 0.159 e. The van der Waals surface area contributed by atoms with Gasteiger partial charge in [-0.1, -0.05) is 35.3 Å². The van der Waals surface area contributed by atoms with Gasteiger partial charge in [-0.05, 0) is 92.2 Å². The number of halogens is 2. The summed E-state index contributed by atoms with van der Waals surface area (Å²) >= 11 is 11.2. The van der Waals surface area contributed by atoms with Gasteiger partial charge in [-0.25, -0.2) is 0 Å². The van der Waals surface area contributed by atoms with E-state index in [1.165, 1.54) is 5.56 Å². The van der Waals surface area contributed by atoms with E-state index in [0.717, 1.165) is 55.1 Å². The molecule has 164 valence electrons. The molecule has 0 spiro atoms. The molecule has 7 heteroatoms. The normalized spacial score (nSPS) is 17.7. The van der Waals surface area contributed by atoms with Crippen LogP contribution in [0, 0.1) is 0 Å². The van der Waals surface area contributed by atoms with Crippen LogP contribution in [-0.4, -0.2) is 49.0 Å². The summed E-state index contributed by atoms with van der Waals surface area (Å²) in [4.78, 5) is 3.40. The lowest BCUT2D eigenvalue weighted by Gasteiger charge is -2.33. The Morgan fingerprint density at radius 1 is 1.17 bits per heavy atom. The first-order valence-corrected chi connectivity index (χ1v) is 12.6. The summed E-state index contributed by atoms with van der Waals surface area (Å²) in [5.74, 6) is 1.47. The molecule has 2 atom stereocenters. The van der Waals surface area contributed by atoms with Crippen LogP contribution in [-0.2, 0) is 11.2 Å². The van der Waals surface area contributed by atoms with Crippen LogP contribution in [0.1, 0.15) is 42.2 Å². The Balaban J connectivity index is 1.57. The molecule has 1 saturated heterocycles. The van der Waals surface area contributed by atoms with Gasteiger partial charge < -0.3 is 19.9 Å². The van der Waals surface area contributed by atoms with E-state index < -0.39 is 11.2 Å². The van der Waals surface area contributed by atoms with Crippen molar-refractivity contribution in [3.8, 4) is 5.75 Å². The van der Waals surface area contributed by atoms with Crippen LogP contribution >= 0.6 is 23.2 Å². The SMILES string of the molecule is COc1ccc(C2CCN(CC[C@H](CN)c3ccc(Cl)c(Cl)c3)CC2)c([S+](C)[O-])c1. The highest BCUT2D eigenvalue weighted by Gasteiger charge is 2.26. The van der Waals surface area contributed by atoms with E-state index in [1.54, 1.807) is 13.4 Å². The molecule has 0 bridgehead atoms. The molecule has 0 amide bonds. The van der Waals surface area contributed by atoms with Gasteiger partial charge in [-0.2, -0.15) is 0 Å². The van der Waals surface area contributed by atoms with Crippen molar-refractivity contribution in [3.05, 3.63) is 57.6 Å². The van der Waals surface area contributed by atoms with Crippen molar-refractivity contribution < 1.29 is 9.29 Å². The largest absolute Gasteiger partial charge is 0.612 e. The second-order valence-electron chi connectivity index (χ2n) is 7.87. The van der Waals surface area contributed by atoms with E-state index >= 15 is 0 Å². The Kier molecular flexibility index (Phi) is 8.75. The lowest BCUT2D eigenvalue weighted by molar-refractivity contribution is 0.205. The van der Waals surface area contributed by atoms with Gasteiger partial charge in [0.05, 0.1) is 17.2 Å². The Hall–Kier alpha value is -0.950. The van der Waals surface area contributed by atoms with Crippen molar-refractivity contribution in [1.82, 2.24) is 4.90 Å². The third-order valence-corrected chi connectivity index (χ3v) is 7.76. The van der Waals surface area contributed by atoms with Crippen molar-refractivity contribution in [2.24, 2.45) is 5.73 Å². The number of nitrogens with two attached hydrogens (primary N) is 1. The molecule has 2 N–H and O–H groups in total. The summed E-state index contributed by atoms with van der Waals surface area (Å²) in [6.07, 6.45) is 4.86. The van der Waals surface area contributed by atoms with Crippen LogP contribution in [0.5, 0.6) is 5.75 Å². The quantitative estimate of drug-likeness (QED) is 0.550. The molecule has 1 aliphatic heterocycles. The van der Waals surface area contributed by atoms with Crippen LogP contribution in [0.4, 0.5) is 0 Å². The van der Waals surface area contributed by atoms with Crippen molar-refractivity contribution in [1.29, 1.82) is 0 Å². The van der Waals surface area contributed by atoms with Gasteiger partial charge in [0.1, 0.15) is 12.0 Å². The molecule has 1 unspecified atom stereocenters. The third-order valence-electron chi connectivity index (χ3n) is 6.05. The molecule has 1 fully saturated rings. The van der Waals surface area contributed by atoms with Crippen molar-refractivity contribution in [3.63, 3.8) is 0 Å². The van der Waals surface area contributed by atoms with E-state index in [0.29, 0.717) is 22.5 Å². The highest BCUT2D eigenvalue weighted by Crippen LogP contribution is 2.35. The monoisotopic (exact) mass is 468 g/mol. The molecule has 2 aromatic carbocycles. The van der Waals surface area contributed by atoms with Crippen LogP contribution < -0.4 is 10.5 Å². The maximum Gasteiger partial charge on any atom is 0.159 e. The summed E-state index contributed by atoms with van der Waals surface area (Å²) in [5.41, 5.74) is 8.39. The average molecular weight is 469 g/mol. The van der Waals surface area contributed by atoms with Crippen LogP contribution in [0.15, 0.2) is 41.3 Å². The molecule has 2 aromatic rings. The van der Waals surface area contributed by atoms with Gasteiger partial charge >= 0.3 is 0 Å². The Labute approximate surface area is 192 Å². The number of rotatable bonds is 8. The fraction of sp³-hybridized carbons (Fsp3) is 0.478. The molecular formula is C23H30Cl2N2O2S. The zero-order valence-corrected chi connectivity index (χ0v) is 19.9. The van der Waals surface area contributed by atoms with E-state index in [9.17, 15) is 4.55 Å². The Morgan fingerprint density at radius 3 is 2.50 bits per heavy atom. The zero-order chi connectivity index (χ0) is 21.7. The minimum atomic E-state index is -1.03. The van der Waals surface area contributed by atoms with Gasteiger partial charge in [0.25, 0.3) is 0 Å². The van der Waals surface area contributed by atoms with Crippen molar-refractivity contribution in [2.75, 3.05) is 39.5 Å². The summed E-state index contributed by atoms with van der Waals surface area (Å²) in [6, 6.07) is 11.8. The summed E-state index contributed by atoms with van der Waals surface area (Å²) in [7, 11) is 1.64. The first-order chi connectivity index (χ1) is 14.4. The lowest BCUT2D eigenvalue weighted by Crippen LogP contribution is -2.35. The molecule has 0 aromatic heterocycles. The van der Waals surface area contributed by atoms with Gasteiger partial charge in [-0.3, -0.25) is 0 Å². The maximum atomic E-state index is 12.2. The number of likely N-dealkylation sites (tertiary alicyclic amines) is 1. The number of nitrogens with zero attached hydrogens (tertiary/aromatic N) is 1. The summed E-state index contributed by atoms with van der Waals surface area (Å²) in [5, 5.41) is 1.15. The number of ether oxygens (including phenoxy) is 1. The van der Waals surface area contributed by atoms with E-state index in [-0.39, 0.29) is 5.92 Å². The Morgan fingerprint density at radius 2 is 1.90 bits per heavy atom. The van der Waals surface area contributed by atoms with E-state index in [4.69, 9.17) is 33.7 Å². The fourth-order valence-corrected chi connectivity index (χ4v) is 5.38. The molecule has 0 aliphatic carbocycles. The van der Waals surface area contributed by atoms with Crippen LogP contribution in [0.2, 0.25) is 10.0 Å². The van der Waals surface area contributed by atoms with Gasteiger partial charge in [0, 0.05) is 11.6 Å². The van der Waals surface area contributed by atoms with Crippen molar-refractivity contribution >= 4 is 34.4 Å². The molecule has 4 nitrogen and oxygen atoms in total. The minimum absolute atomic E-state index is 0.271. The highest BCUT2D eigenvalue weighted by atomic mass is 35.5. The lowest BCUT2D eigenvalue weighted by atomic mass is 9.88. The average Bonchev–Trinajstić information content (AvgIpc) is 2.76. The summed E-state index contributed by atoms with van der Waals surface area (Å²) in [6.45, 7) is 3.66. The second kappa shape index (κ2) is 11.1. The first-order valence-electron chi connectivity index (χ1n) is 10.3. The number of hydrogen-bond acceptors (Lipinski definition) is 4. The fourth-order valence-electron chi connectivity index (χ4n) is 4.22. The molecule has 3 rings (SSSR count). The Bertz CT molecular complexity index is 842.